The van der Waals surface area contributed by atoms with Crippen LogP contribution in [0.15, 0.2) is 4.52 Å². The fourth-order valence-electron chi connectivity index (χ4n) is 0.347. The van der Waals surface area contributed by atoms with E-state index in [0.717, 1.165) is 0 Å². The zero-order valence-corrected chi connectivity index (χ0v) is 4.94. The Bertz CT molecular complexity index is 176. The van der Waals surface area contributed by atoms with Gasteiger partial charge in [0, 0.05) is 0 Å². The Morgan fingerprint density at radius 1 is 1.75 bits per heavy atom. The van der Waals surface area contributed by atoms with Crippen molar-refractivity contribution >= 4 is 11.6 Å². The van der Waals surface area contributed by atoms with E-state index in [4.69, 9.17) is 16.7 Å². The van der Waals surface area contributed by atoms with Crippen LogP contribution in [0.3, 0.4) is 0 Å². The summed E-state index contributed by atoms with van der Waals surface area (Å²) in [6.07, 6.45) is 0. The number of aromatic nitrogens is 1. The summed E-state index contributed by atoms with van der Waals surface area (Å²) in [6, 6.07) is 0. The Morgan fingerprint density at radius 3 is 2.50 bits per heavy atom. The van der Waals surface area contributed by atoms with Crippen LogP contribution in [-0.2, 0) is 0 Å². The molecule has 1 N–H and O–H groups in total. The molecule has 1 rings (SSSR count). The summed E-state index contributed by atoms with van der Waals surface area (Å²) < 4.78 is 4.27. The minimum atomic E-state index is -0.316. The van der Waals surface area contributed by atoms with Gasteiger partial charge in [0.05, 0.1) is 0 Å². The first-order valence-corrected chi connectivity index (χ1v) is 2.40. The van der Waals surface area contributed by atoms with Crippen molar-refractivity contribution in [2.45, 2.75) is 6.92 Å². The lowest BCUT2D eigenvalue weighted by Crippen LogP contribution is -1.64. The van der Waals surface area contributed by atoms with Gasteiger partial charge in [-0.1, -0.05) is 16.8 Å². The van der Waals surface area contributed by atoms with Gasteiger partial charge in [0.2, 0.25) is 0 Å². The first-order valence-electron chi connectivity index (χ1n) is 2.02. The molecule has 1 aromatic heterocycles. The van der Waals surface area contributed by atoms with E-state index in [1.165, 1.54) is 0 Å². The number of aromatic hydroxyl groups is 1. The van der Waals surface area contributed by atoms with E-state index in [1.54, 1.807) is 6.92 Å². The normalized spacial score (nSPS) is 9.75. The van der Waals surface area contributed by atoms with Gasteiger partial charge in [0.1, 0.15) is 10.7 Å². The van der Waals surface area contributed by atoms with E-state index in [-0.39, 0.29) is 11.0 Å². The van der Waals surface area contributed by atoms with Crippen LogP contribution in [0.2, 0.25) is 5.02 Å². The summed E-state index contributed by atoms with van der Waals surface area (Å²) in [5, 5.41) is 12.1. The molecule has 8 heavy (non-hydrogen) atoms. The lowest BCUT2D eigenvalue weighted by molar-refractivity contribution is 0.277. The Morgan fingerprint density at radius 2 is 2.38 bits per heavy atom. The first kappa shape index (κ1) is 5.44. The maximum atomic E-state index is 8.58. The number of nitrogens with zero attached hydrogens (tertiary/aromatic N) is 1. The second-order valence-electron chi connectivity index (χ2n) is 1.39. The van der Waals surface area contributed by atoms with Gasteiger partial charge in [0.25, 0.3) is 0 Å². The predicted molar refractivity (Wildman–Crippen MR) is 27.9 cm³/mol. The molecule has 1 aromatic rings. The van der Waals surface area contributed by atoms with E-state index in [0.29, 0.717) is 5.69 Å². The van der Waals surface area contributed by atoms with E-state index < -0.39 is 0 Å². The molecule has 44 valence electrons. The average Bonchev–Trinajstić information content (AvgIpc) is 1.98. The molecule has 0 bridgehead atoms. The van der Waals surface area contributed by atoms with Crippen molar-refractivity contribution in [3.05, 3.63) is 10.7 Å². The molecule has 0 saturated carbocycles. The fourth-order valence-corrected chi connectivity index (χ4v) is 0.416. The zero-order chi connectivity index (χ0) is 6.15. The van der Waals surface area contributed by atoms with E-state index in [2.05, 4.69) is 9.68 Å². The van der Waals surface area contributed by atoms with E-state index >= 15 is 0 Å². The van der Waals surface area contributed by atoms with Gasteiger partial charge >= 0.3 is 5.95 Å². The predicted octanol–water partition coefficient (Wildman–Crippen LogP) is 1.34. The van der Waals surface area contributed by atoms with Crippen LogP contribution in [-0.4, -0.2) is 10.3 Å². The molecule has 1 heterocycles. The maximum absolute atomic E-state index is 8.58. The lowest BCUT2D eigenvalue weighted by Gasteiger charge is -1.76. The molecule has 0 unspecified atom stereocenters. The van der Waals surface area contributed by atoms with Gasteiger partial charge in [0.15, 0.2) is 0 Å². The molecule has 0 aliphatic rings. The second-order valence-corrected chi connectivity index (χ2v) is 1.77. The van der Waals surface area contributed by atoms with Gasteiger partial charge in [-0.15, -0.1) is 0 Å². The number of aryl methyl sites for hydroxylation is 1. The number of hydrogen-bond acceptors (Lipinski definition) is 3. The Hall–Kier alpha value is -0.700. The molecule has 0 amide bonds. The molecular formula is C4H4ClNO2. The van der Waals surface area contributed by atoms with Gasteiger partial charge in [-0.2, -0.15) is 0 Å². The van der Waals surface area contributed by atoms with Crippen LogP contribution in [0, 0.1) is 6.92 Å². The second kappa shape index (κ2) is 1.67. The van der Waals surface area contributed by atoms with Crippen LogP contribution in [0.25, 0.3) is 0 Å². The highest BCUT2D eigenvalue weighted by Gasteiger charge is 2.06. The largest absolute Gasteiger partial charge is 0.478 e. The van der Waals surface area contributed by atoms with Crippen molar-refractivity contribution in [1.82, 2.24) is 5.16 Å². The van der Waals surface area contributed by atoms with Gasteiger partial charge in [-0.3, -0.25) is 0 Å². The molecule has 4 heteroatoms. The molecule has 0 atom stereocenters. The number of halogens is 1. The lowest BCUT2D eigenvalue weighted by atomic mass is 10.5. The average molecular weight is 134 g/mol. The highest BCUT2D eigenvalue weighted by atomic mass is 35.5. The van der Waals surface area contributed by atoms with Crippen LogP contribution >= 0.6 is 11.6 Å². The first-order chi connectivity index (χ1) is 3.72. The topological polar surface area (TPSA) is 46.3 Å². The Balaban J connectivity index is 3.19. The van der Waals surface area contributed by atoms with Crippen molar-refractivity contribution in [2.24, 2.45) is 0 Å². The molecule has 0 aliphatic heterocycles. The minimum Gasteiger partial charge on any atom is -0.478 e. The molecule has 0 saturated heterocycles. The van der Waals surface area contributed by atoms with Gasteiger partial charge in [-0.05, 0) is 6.92 Å². The number of rotatable bonds is 0. The third kappa shape index (κ3) is 0.648. The fraction of sp³-hybridized carbons (Fsp3) is 0.250. The molecule has 0 radical (unpaired) electrons. The third-order valence-electron chi connectivity index (χ3n) is 0.774. The van der Waals surface area contributed by atoms with Crippen LogP contribution < -0.4 is 0 Å². The summed E-state index contributed by atoms with van der Waals surface area (Å²) in [5.41, 5.74) is 0.504. The summed E-state index contributed by atoms with van der Waals surface area (Å²) in [5.74, 6) is -0.316. The Kier molecular flexibility index (Phi) is 1.13. The van der Waals surface area contributed by atoms with Crippen LogP contribution in [0.5, 0.6) is 5.95 Å². The van der Waals surface area contributed by atoms with Crippen LogP contribution in [0.4, 0.5) is 0 Å². The molecule has 0 aromatic carbocycles. The van der Waals surface area contributed by atoms with Crippen molar-refractivity contribution in [3.63, 3.8) is 0 Å². The third-order valence-corrected chi connectivity index (χ3v) is 1.21. The highest BCUT2D eigenvalue weighted by molar-refractivity contribution is 6.32. The highest BCUT2D eigenvalue weighted by Crippen LogP contribution is 2.24. The molecule has 0 aliphatic carbocycles. The van der Waals surface area contributed by atoms with Crippen molar-refractivity contribution in [1.29, 1.82) is 0 Å². The summed E-state index contributed by atoms with van der Waals surface area (Å²) in [7, 11) is 0. The maximum Gasteiger partial charge on any atom is 0.327 e. The monoisotopic (exact) mass is 133 g/mol. The van der Waals surface area contributed by atoms with Crippen molar-refractivity contribution in [2.75, 3.05) is 0 Å². The van der Waals surface area contributed by atoms with Crippen molar-refractivity contribution < 1.29 is 9.63 Å². The molecular weight excluding hydrogens is 130 g/mol. The number of hydrogen-bond donors (Lipinski definition) is 1. The molecule has 0 fully saturated rings. The summed E-state index contributed by atoms with van der Waals surface area (Å²) in [6.45, 7) is 1.64. The quantitative estimate of drug-likeness (QED) is 0.581. The SMILES string of the molecule is Cc1noc(O)c1Cl. The molecule has 0 spiro atoms. The van der Waals surface area contributed by atoms with E-state index in [9.17, 15) is 0 Å². The van der Waals surface area contributed by atoms with E-state index in [1.807, 2.05) is 0 Å². The summed E-state index contributed by atoms with van der Waals surface area (Å²) >= 11 is 5.39. The smallest absolute Gasteiger partial charge is 0.327 e. The Labute approximate surface area is 50.9 Å². The summed E-state index contributed by atoms with van der Waals surface area (Å²) in [4.78, 5) is 0. The van der Waals surface area contributed by atoms with Gasteiger partial charge in [-0.25, -0.2) is 0 Å². The van der Waals surface area contributed by atoms with Gasteiger partial charge < -0.3 is 9.63 Å². The standard InChI is InChI=1S/C4H4ClNO2/c1-2-3(5)4(7)8-6-2/h7H,1H3. The zero-order valence-electron chi connectivity index (χ0n) is 4.18. The van der Waals surface area contributed by atoms with Crippen LogP contribution in [0.1, 0.15) is 5.69 Å². The minimum absolute atomic E-state index is 0.185. The van der Waals surface area contributed by atoms with Crippen molar-refractivity contribution in [3.8, 4) is 5.95 Å². The molecule has 3 nitrogen and oxygen atoms in total.